The summed E-state index contributed by atoms with van der Waals surface area (Å²) in [4.78, 5) is 50.3. The molecule has 0 saturated carbocycles. The minimum atomic E-state index is -1.67. The van der Waals surface area contributed by atoms with E-state index < -0.39 is 8.32 Å². The van der Waals surface area contributed by atoms with Crippen molar-refractivity contribution in [3.63, 3.8) is 0 Å². The number of unbranched alkanes of at least 4 members (excludes halogenated alkanes) is 2. The van der Waals surface area contributed by atoms with Crippen LogP contribution in [0.3, 0.4) is 0 Å². The first kappa shape index (κ1) is 124. The van der Waals surface area contributed by atoms with E-state index in [1.165, 1.54) is 79.8 Å². The van der Waals surface area contributed by atoms with Gasteiger partial charge in [0.2, 0.25) is 10.2 Å². The summed E-state index contributed by atoms with van der Waals surface area (Å²) in [5.74, 6) is 6.18. The second-order valence-electron chi connectivity index (χ2n) is 43.7. The average molecular weight is 1860 g/mol. The van der Waals surface area contributed by atoms with Crippen LogP contribution >= 0.6 is 70.6 Å². The van der Waals surface area contributed by atoms with Crippen molar-refractivity contribution in [2.24, 2.45) is 54.1 Å². The van der Waals surface area contributed by atoms with Gasteiger partial charge in [-0.05, 0) is 172 Å². The fourth-order valence-corrected chi connectivity index (χ4v) is 19.4. The second kappa shape index (κ2) is 58.6. The van der Waals surface area contributed by atoms with Gasteiger partial charge >= 0.3 is 0 Å². The maximum Gasteiger partial charge on any atom is 0.219 e. The van der Waals surface area contributed by atoms with Gasteiger partial charge in [-0.25, -0.2) is 0 Å². The zero-order valence-electron chi connectivity index (χ0n) is 83.3. The SMILES string of the molecule is C.C.C=C(SCCC(C)(C)C)C(C)(C)CO.C=C(SCCC(C)(C)C)C(C)(C)CO[Si](C)(C)C(C)(C)C.C=C(SCCC(C)(C)C)c1ccc(C=O)cc1.C=C(SCCCCC(C)(C)C)c1ccc(C=O)cc1.CCC1(CC)COC(c2ccc(C(=O)SCCC(C)(C)C)cc2)OC1.CCC1(CC)COC(c2ccc(C(=O)SCCCCC(C)(C)C)cc2)OC1. The maximum absolute atomic E-state index is 12.4. The normalized spacial score (nSPS) is 14.6. The van der Waals surface area contributed by atoms with Gasteiger partial charge in [-0.2, -0.15) is 0 Å². The third kappa shape index (κ3) is 53.8. The van der Waals surface area contributed by atoms with Crippen molar-refractivity contribution in [2.75, 3.05) is 74.2 Å². The topological polar surface area (TPSA) is 135 Å². The molecule has 2 aliphatic rings. The molecule has 0 aliphatic carbocycles. The van der Waals surface area contributed by atoms with Crippen LogP contribution in [0.15, 0.2) is 133 Å². The molecule has 0 bridgehead atoms. The van der Waals surface area contributed by atoms with E-state index in [1.807, 2.05) is 134 Å². The highest BCUT2D eigenvalue weighted by Crippen LogP contribution is 2.44. The van der Waals surface area contributed by atoms with Crippen molar-refractivity contribution in [3.05, 3.63) is 178 Å². The number of carbonyl (C=O) groups is 4. The van der Waals surface area contributed by atoms with E-state index in [2.05, 4.69) is 226 Å². The number of ether oxygens (including phenoxy) is 4. The molecule has 0 aromatic heterocycles. The van der Waals surface area contributed by atoms with Crippen LogP contribution in [0.2, 0.25) is 18.1 Å². The molecule has 6 rings (SSSR count). The Labute approximate surface area is 795 Å². The lowest BCUT2D eigenvalue weighted by molar-refractivity contribution is -0.235. The largest absolute Gasteiger partial charge is 0.416 e. The highest BCUT2D eigenvalue weighted by Gasteiger charge is 2.40. The summed E-state index contributed by atoms with van der Waals surface area (Å²) in [5, 5.41) is 9.71. The Kier molecular flexibility index (Phi) is 57.9. The van der Waals surface area contributed by atoms with Gasteiger partial charge in [0.05, 0.1) is 33.0 Å². The summed E-state index contributed by atoms with van der Waals surface area (Å²) < 4.78 is 30.2. The van der Waals surface area contributed by atoms with E-state index in [-0.39, 0.29) is 76.4 Å². The zero-order chi connectivity index (χ0) is 94.1. The van der Waals surface area contributed by atoms with Crippen molar-refractivity contribution in [1.29, 1.82) is 0 Å². The molecule has 125 heavy (non-hydrogen) atoms. The molecule has 2 heterocycles. The van der Waals surface area contributed by atoms with Crippen LogP contribution in [-0.2, 0) is 23.4 Å². The highest BCUT2D eigenvalue weighted by atomic mass is 32.2. The first-order chi connectivity index (χ1) is 56.7. The van der Waals surface area contributed by atoms with Gasteiger partial charge in [-0.1, -0.05) is 375 Å². The Balaban J connectivity index is 0. The molecular weight excluding hydrogens is 1680 g/mol. The van der Waals surface area contributed by atoms with Crippen molar-refractivity contribution in [1.82, 2.24) is 0 Å². The summed E-state index contributed by atoms with van der Waals surface area (Å²) >= 11 is 10.1. The number of aliphatic hydroxyl groups excluding tert-OH is 1. The highest BCUT2D eigenvalue weighted by molar-refractivity contribution is 8.14. The lowest BCUT2D eigenvalue weighted by Crippen LogP contribution is -2.43. The minimum Gasteiger partial charge on any atom is -0.416 e. The molecule has 2 saturated heterocycles. The predicted molar refractivity (Wildman–Crippen MR) is 566 cm³/mol. The summed E-state index contributed by atoms with van der Waals surface area (Å²) in [6.07, 6.45) is 17.2. The standard InChI is InChI=1S/C23H36O3S.C21H32O3S.C18H38OSSi.C17H24OS.C15H20OS.C12H24OS.2CH4/c1-6-23(7-2)16-25-21(26-17-23)19-12-10-18(11-13-19)20(24)27-15-9-8-14-22(3,4)5;1-6-21(7-2)14-23-19(24-15-21)17-10-8-16(9-11-17)18(22)25-13-12-20(3,4)5;1-15(20-13-12-16(2,3)4)18(8,9)14-19-21(10,11)17(5,6)7;1-14(16-9-7-15(13-18)8-10-16)19-12-6-5-11-17(2,3)4;1-12(17-10-9-15(2,3)4)14-7-5-13(11-16)6-8-14;1-10(12(5,6)9-13)14-8-7-11(2,3)4;;/h10-13,21H,6-9,14-17H2,1-5H3;8-11,19H,6-7,12-15H2,1-5H3;1,12-14H2,2-11H3;7-10,13H,1,5-6,11-12H2,2-4H3;5-8,11H,1,9-10H2,2-4H3;13H,1,7-9H2,2-6H3;2*1H4. The van der Waals surface area contributed by atoms with Crippen LogP contribution < -0.4 is 0 Å². The monoisotopic (exact) mass is 1860 g/mol. The first-order valence-electron chi connectivity index (χ1n) is 45.3. The lowest BCUT2D eigenvalue weighted by atomic mass is 9.83. The number of carbonyl (C=O) groups excluding carboxylic acids is 4. The Morgan fingerprint density at radius 1 is 0.392 bits per heavy atom. The van der Waals surface area contributed by atoms with Gasteiger partial charge in [-0.15, -0.1) is 47.0 Å². The summed E-state index contributed by atoms with van der Waals surface area (Å²) in [6, 6.07) is 30.6. The molecule has 0 radical (unpaired) electrons. The molecule has 4 aromatic rings. The molecule has 2 aliphatic heterocycles. The number of hydrogen-bond donors (Lipinski definition) is 1. The van der Waals surface area contributed by atoms with Crippen LogP contribution in [0.5, 0.6) is 0 Å². The summed E-state index contributed by atoms with van der Waals surface area (Å²) in [5.41, 5.74) is 9.54. The van der Waals surface area contributed by atoms with Crippen LogP contribution in [0.4, 0.5) is 0 Å². The van der Waals surface area contributed by atoms with Crippen molar-refractivity contribution < 1.29 is 47.7 Å². The van der Waals surface area contributed by atoms with E-state index >= 15 is 0 Å². The molecule has 0 unspecified atom stereocenters. The Hall–Kier alpha value is -3.40. The molecule has 0 atom stereocenters. The zero-order valence-corrected chi connectivity index (χ0v) is 89.2. The second-order valence-corrected chi connectivity index (χ2v) is 55.4. The maximum atomic E-state index is 12.4. The number of thioether (sulfide) groups is 6. The first-order valence-corrected chi connectivity index (χ1v) is 54.2. The number of benzene rings is 4. The predicted octanol–water partition coefficient (Wildman–Crippen LogP) is 34.2. The molecule has 1 N–H and O–H groups in total. The van der Waals surface area contributed by atoms with Gasteiger partial charge in [0, 0.05) is 83.0 Å². The fraction of sp³-hybridized carbons (Fsp3) is 0.667. The number of rotatable bonds is 38. The van der Waals surface area contributed by atoms with Crippen molar-refractivity contribution >= 4 is 112 Å². The van der Waals surface area contributed by atoms with E-state index in [0.717, 1.165) is 167 Å². The van der Waals surface area contributed by atoms with Crippen LogP contribution in [0.25, 0.3) is 9.81 Å². The van der Waals surface area contributed by atoms with Gasteiger partial charge in [-0.3, -0.25) is 19.2 Å². The molecule has 2 fully saturated rings. The molecule has 4 aromatic carbocycles. The Morgan fingerprint density at radius 3 is 0.936 bits per heavy atom. The molecule has 10 nitrogen and oxygen atoms in total. The molecule has 17 heteroatoms. The van der Waals surface area contributed by atoms with E-state index in [1.54, 1.807) is 23.5 Å². The lowest BCUT2D eigenvalue weighted by Gasteiger charge is -2.39. The van der Waals surface area contributed by atoms with Gasteiger partial charge in [0.25, 0.3) is 0 Å². The van der Waals surface area contributed by atoms with Crippen LogP contribution in [0.1, 0.15) is 382 Å². The Bertz CT molecular complexity index is 3690. The molecular formula is C108H182O10S6Si. The molecule has 0 spiro atoms. The third-order valence-electron chi connectivity index (χ3n) is 22.9. The average Bonchev–Trinajstić information content (AvgIpc) is 0.883. The van der Waals surface area contributed by atoms with Gasteiger partial charge in [0.15, 0.2) is 20.9 Å². The van der Waals surface area contributed by atoms with Gasteiger partial charge in [0.1, 0.15) is 12.6 Å². The quantitative estimate of drug-likeness (QED) is 0.0259. The van der Waals surface area contributed by atoms with E-state index in [4.69, 9.17) is 28.5 Å². The smallest absolute Gasteiger partial charge is 0.219 e. The third-order valence-corrected chi connectivity index (χ3v) is 33.9. The number of aldehydes is 2. The summed E-state index contributed by atoms with van der Waals surface area (Å²) in [6.45, 7) is 89.8. The van der Waals surface area contributed by atoms with Crippen molar-refractivity contribution in [3.8, 4) is 0 Å². The van der Waals surface area contributed by atoms with Crippen LogP contribution in [-0.4, -0.2) is 110 Å². The minimum absolute atomic E-state index is 0. The Morgan fingerprint density at radius 2 is 0.656 bits per heavy atom. The van der Waals surface area contributed by atoms with Crippen LogP contribution in [0, 0.1) is 54.1 Å². The number of hydrogen-bond acceptors (Lipinski definition) is 16. The molecule has 714 valence electrons. The van der Waals surface area contributed by atoms with Crippen molar-refractivity contribution in [2.45, 2.75) is 336 Å². The van der Waals surface area contributed by atoms with E-state index in [9.17, 15) is 19.2 Å². The number of aliphatic hydroxyl groups is 1. The van der Waals surface area contributed by atoms with Gasteiger partial charge < -0.3 is 28.5 Å². The van der Waals surface area contributed by atoms with E-state index in [0.29, 0.717) is 38.2 Å². The molecule has 0 amide bonds. The fourth-order valence-electron chi connectivity index (χ4n) is 11.2. The summed E-state index contributed by atoms with van der Waals surface area (Å²) in [7, 11) is -1.67.